The zero-order valence-corrected chi connectivity index (χ0v) is 15.3. The first kappa shape index (κ1) is 21.0. The molecule has 1 nitrogen and oxygen atoms in total. The summed E-state index contributed by atoms with van der Waals surface area (Å²) in [6.07, 6.45) is 6.18. The molecule has 1 aliphatic rings. The Morgan fingerprint density at radius 3 is 2.24 bits per heavy atom. The topological polar surface area (TPSA) is 3.24 Å². The Balaban J connectivity index is 0.000000495. The molecule has 0 saturated carbocycles. The molecule has 1 saturated heterocycles. The number of hydrogen-bond acceptors (Lipinski definition) is 1. The molecular formula is C18H27BrLiN-2. The van der Waals surface area contributed by atoms with Crippen LogP contribution in [-0.2, 0) is 0 Å². The van der Waals surface area contributed by atoms with Gasteiger partial charge in [0, 0.05) is 13.1 Å². The van der Waals surface area contributed by atoms with Crippen molar-refractivity contribution in [3.05, 3.63) is 49.0 Å². The average molecular weight is 344 g/mol. The van der Waals surface area contributed by atoms with Crippen LogP contribution >= 0.6 is 15.9 Å². The summed E-state index contributed by atoms with van der Waals surface area (Å²) in [5.41, 5.74) is 2.39. The van der Waals surface area contributed by atoms with E-state index in [0.29, 0.717) is 5.92 Å². The Morgan fingerprint density at radius 2 is 1.81 bits per heavy atom. The van der Waals surface area contributed by atoms with Gasteiger partial charge in [-0.25, -0.2) is 0 Å². The van der Waals surface area contributed by atoms with Crippen LogP contribution in [0.2, 0.25) is 0 Å². The van der Waals surface area contributed by atoms with Crippen LogP contribution in [0.25, 0.3) is 0 Å². The Hall–Kier alpha value is -0.0326. The summed E-state index contributed by atoms with van der Waals surface area (Å²) >= 11 is 3.51. The van der Waals surface area contributed by atoms with E-state index in [1.54, 1.807) is 0 Å². The third-order valence-corrected chi connectivity index (χ3v) is 3.82. The normalized spacial score (nSPS) is 15.5. The molecule has 1 aliphatic heterocycles. The standard InChI is InChI=1S/C12H15BrN.C6H12.Li/c1-10-7-11(13)9-12(8-10)14-5-3-2-4-6-14;1-4-5-6(2)3;/h7-9H,1-6H2;6H,1-2,4-5H2,3H3;/q-1;-2;+1/t;6-;/m.0./s1. The minimum absolute atomic E-state index is 0. The van der Waals surface area contributed by atoms with Gasteiger partial charge in [0.05, 0.1) is 0 Å². The fourth-order valence-electron chi connectivity index (χ4n) is 2.32. The molecule has 1 fully saturated rings. The van der Waals surface area contributed by atoms with Gasteiger partial charge in [-0.2, -0.15) is 24.8 Å². The van der Waals surface area contributed by atoms with Crippen LogP contribution in [0.3, 0.4) is 0 Å². The molecule has 1 heterocycles. The predicted molar refractivity (Wildman–Crippen MR) is 93.8 cm³/mol. The molecular weight excluding hydrogens is 317 g/mol. The SMILES string of the molecule is [CH2-]CC[C@@H]([CH2-])C.[CH2-]c1cc(Br)cc(N2CCCCC2)c1.[Li+]. The van der Waals surface area contributed by atoms with Crippen molar-refractivity contribution in [3.8, 4) is 0 Å². The number of halogens is 1. The third-order valence-electron chi connectivity index (χ3n) is 3.36. The van der Waals surface area contributed by atoms with Crippen molar-refractivity contribution >= 4 is 21.6 Å². The molecule has 3 heteroatoms. The molecule has 1 atom stereocenters. The number of piperidine rings is 1. The summed E-state index contributed by atoms with van der Waals surface area (Å²) in [4.78, 5) is 2.45. The van der Waals surface area contributed by atoms with Gasteiger partial charge in [-0.05, 0) is 35.5 Å². The average Bonchev–Trinajstić information content (AvgIpc) is 2.39. The van der Waals surface area contributed by atoms with E-state index >= 15 is 0 Å². The molecule has 0 N–H and O–H groups in total. The maximum absolute atomic E-state index is 3.98. The molecule has 114 valence electrons. The number of benzene rings is 1. The van der Waals surface area contributed by atoms with E-state index in [4.69, 9.17) is 0 Å². The zero-order chi connectivity index (χ0) is 15.0. The van der Waals surface area contributed by atoms with E-state index in [1.165, 1.54) is 38.0 Å². The van der Waals surface area contributed by atoms with E-state index < -0.39 is 0 Å². The van der Waals surface area contributed by atoms with Crippen molar-refractivity contribution in [3.63, 3.8) is 0 Å². The third kappa shape index (κ3) is 8.86. The van der Waals surface area contributed by atoms with Crippen molar-refractivity contribution in [2.24, 2.45) is 5.92 Å². The van der Waals surface area contributed by atoms with Crippen LogP contribution < -0.4 is 23.8 Å². The van der Waals surface area contributed by atoms with Gasteiger partial charge in [-0.3, -0.25) is 0 Å². The first-order chi connectivity index (χ1) is 9.52. The first-order valence-electron chi connectivity index (χ1n) is 7.52. The number of anilines is 1. The number of rotatable bonds is 3. The van der Waals surface area contributed by atoms with Gasteiger partial charge >= 0.3 is 18.9 Å². The van der Waals surface area contributed by atoms with E-state index in [2.05, 4.69) is 60.7 Å². The molecule has 2 rings (SSSR count). The molecule has 0 aliphatic carbocycles. The predicted octanol–water partition coefficient (Wildman–Crippen LogP) is 2.70. The maximum atomic E-state index is 3.98. The van der Waals surface area contributed by atoms with Gasteiger partial charge in [0.25, 0.3) is 0 Å². The van der Waals surface area contributed by atoms with Crippen LogP contribution in [0, 0.1) is 26.7 Å². The minimum Gasteiger partial charge on any atom is -0.382 e. The molecule has 1 aromatic carbocycles. The molecule has 0 amide bonds. The quantitative estimate of drug-likeness (QED) is 0.602. The van der Waals surface area contributed by atoms with Crippen molar-refractivity contribution in [2.75, 3.05) is 18.0 Å². The summed E-state index contributed by atoms with van der Waals surface area (Å²) in [6.45, 7) is 15.9. The van der Waals surface area contributed by atoms with Crippen LogP contribution in [0.5, 0.6) is 0 Å². The second kappa shape index (κ2) is 11.5. The van der Waals surface area contributed by atoms with Crippen molar-refractivity contribution in [1.29, 1.82) is 0 Å². The molecule has 0 aromatic heterocycles. The van der Waals surface area contributed by atoms with E-state index in [0.717, 1.165) is 22.9 Å². The summed E-state index contributed by atoms with van der Waals surface area (Å²) in [5, 5.41) is 0. The Bertz CT molecular complexity index is 367. The maximum Gasteiger partial charge on any atom is 1.00 e. The summed E-state index contributed by atoms with van der Waals surface area (Å²) in [7, 11) is 0. The van der Waals surface area contributed by atoms with Crippen molar-refractivity contribution in [1.82, 2.24) is 0 Å². The molecule has 21 heavy (non-hydrogen) atoms. The molecule has 1 aromatic rings. The molecule has 0 spiro atoms. The second-order valence-electron chi connectivity index (χ2n) is 5.61. The van der Waals surface area contributed by atoms with Gasteiger partial charge in [0.15, 0.2) is 0 Å². The summed E-state index contributed by atoms with van der Waals surface area (Å²) in [6, 6.07) is 6.39. The summed E-state index contributed by atoms with van der Waals surface area (Å²) in [5.74, 6) is 0.586. The fraction of sp³-hybridized carbons (Fsp3) is 0.500. The van der Waals surface area contributed by atoms with E-state index in [1.807, 2.05) is 6.07 Å². The van der Waals surface area contributed by atoms with Crippen LogP contribution in [0.1, 0.15) is 44.6 Å². The number of hydrogen-bond donors (Lipinski definition) is 0. The van der Waals surface area contributed by atoms with Gasteiger partial charge in [0.1, 0.15) is 0 Å². The smallest absolute Gasteiger partial charge is 0.382 e. The number of nitrogens with zero attached hydrogens (tertiary/aromatic N) is 1. The Labute approximate surface area is 152 Å². The fourth-order valence-corrected chi connectivity index (χ4v) is 2.85. The Kier molecular flexibility index (Phi) is 11.5. The minimum atomic E-state index is 0. The van der Waals surface area contributed by atoms with E-state index in [-0.39, 0.29) is 18.9 Å². The molecule has 0 radical (unpaired) electrons. The molecule has 0 unspecified atom stereocenters. The van der Waals surface area contributed by atoms with Crippen molar-refractivity contribution < 1.29 is 18.9 Å². The van der Waals surface area contributed by atoms with Crippen LogP contribution in [0.15, 0.2) is 22.7 Å². The Morgan fingerprint density at radius 1 is 1.19 bits per heavy atom. The summed E-state index contributed by atoms with van der Waals surface area (Å²) < 4.78 is 1.13. The largest absolute Gasteiger partial charge is 1.00 e. The second-order valence-corrected chi connectivity index (χ2v) is 6.53. The molecule has 0 bridgehead atoms. The van der Waals surface area contributed by atoms with Gasteiger partial charge in [0.2, 0.25) is 0 Å². The zero-order valence-electron chi connectivity index (χ0n) is 13.7. The van der Waals surface area contributed by atoms with Crippen LogP contribution in [0.4, 0.5) is 5.69 Å². The van der Waals surface area contributed by atoms with Crippen molar-refractivity contribution in [2.45, 2.75) is 39.0 Å². The first-order valence-corrected chi connectivity index (χ1v) is 8.32. The van der Waals surface area contributed by atoms with Gasteiger partial charge < -0.3 is 18.7 Å². The van der Waals surface area contributed by atoms with Crippen LogP contribution in [-0.4, -0.2) is 13.1 Å². The van der Waals surface area contributed by atoms with Gasteiger partial charge in [-0.15, -0.1) is 18.6 Å². The van der Waals surface area contributed by atoms with E-state index in [9.17, 15) is 0 Å². The monoisotopic (exact) mass is 343 g/mol. The van der Waals surface area contributed by atoms with Gasteiger partial charge in [-0.1, -0.05) is 22.9 Å².